The van der Waals surface area contributed by atoms with Crippen LogP contribution in [-0.2, 0) is 80.0 Å². The van der Waals surface area contributed by atoms with Crippen LogP contribution in [0.2, 0.25) is 0 Å². The zero-order valence-corrected chi connectivity index (χ0v) is 48.9. The number of aliphatic hydroxyl groups excluding tert-OH is 2. The van der Waals surface area contributed by atoms with Crippen molar-refractivity contribution < 1.29 is 87.5 Å². The number of carboxylic acid groups (broad SMARTS) is 2. The molecule has 12 amide bonds. The summed E-state index contributed by atoms with van der Waals surface area (Å²) in [6.07, 6.45) is -3.31. The van der Waals surface area contributed by atoms with E-state index < -0.39 is 194 Å². The van der Waals surface area contributed by atoms with Crippen molar-refractivity contribution in [3.05, 3.63) is 71.8 Å². The molecule has 1 heterocycles. The molecule has 86 heavy (non-hydrogen) atoms. The highest BCUT2D eigenvalue weighted by Crippen LogP contribution is 2.21. The Kier molecular flexibility index (Phi) is 28.7. The summed E-state index contributed by atoms with van der Waals surface area (Å²) in [7, 11) is 0. The van der Waals surface area contributed by atoms with E-state index in [0.29, 0.717) is 12.0 Å². The van der Waals surface area contributed by atoms with Crippen molar-refractivity contribution in [3.8, 4) is 0 Å². The van der Waals surface area contributed by atoms with Crippen LogP contribution in [0.15, 0.2) is 60.7 Å². The second-order valence-electron chi connectivity index (χ2n) is 21.4. The van der Waals surface area contributed by atoms with Gasteiger partial charge in [-0.25, -0.2) is 4.79 Å². The topological polar surface area (TPSA) is 469 Å². The van der Waals surface area contributed by atoms with Gasteiger partial charge >= 0.3 is 11.9 Å². The van der Waals surface area contributed by atoms with E-state index in [1.165, 1.54) is 32.6 Å². The minimum atomic E-state index is -1.83. The highest BCUT2D eigenvalue weighted by Gasteiger charge is 2.42. The molecule has 0 aliphatic carbocycles. The number of aliphatic hydroxyl groups is 2. The van der Waals surface area contributed by atoms with E-state index in [2.05, 4.69) is 53.2 Å². The number of aliphatic carboxylic acids is 2. The molecule has 0 spiro atoms. The Balaban J connectivity index is 1.66. The van der Waals surface area contributed by atoms with Gasteiger partial charge in [-0.1, -0.05) is 88.4 Å². The molecule has 30 heteroatoms. The first-order valence-electron chi connectivity index (χ1n) is 27.8. The summed E-state index contributed by atoms with van der Waals surface area (Å²) in [5, 5.41) is 63.4. The molecule has 472 valence electrons. The molecular formula is C56H80N12O18. The zero-order valence-electron chi connectivity index (χ0n) is 48.9. The minimum Gasteiger partial charge on any atom is -0.481 e. The fourth-order valence-electron chi connectivity index (χ4n) is 8.92. The molecule has 0 radical (unpaired) electrons. The molecule has 0 aromatic heterocycles. The third kappa shape index (κ3) is 23.2. The lowest BCUT2D eigenvalue weighted by Crippen LogP contribution is -2.62. The fourth-order valence-corrected chi connectivity index (χ4v) is 8.92. The third-order valence-corrected chi connectivity index (χ3v) is 13.6. The molecule has 2 aromatic carbocycles. The molecule has 0 unspecified atom stereocenters. The van der Waals surface area contributed by atoms with Crippen LogP contribution in [-0.4, -0.2) is 194 Å². The van der Waals surface area contributed by atoms with Gasteiger partial charge < -0.3 is 84.2 Å². The van der Waals surface area contributed by atoms with Gasteiger partial charge in [-0.05, 0) is 56.1 Å². The lowest BCUT2D eigenvalue weighted by atomic mass is 10.00. The Morgan fingerprint density at radius 2 is 1.08 bits per heavy atom. The van der Waals surface area contributed by atoms with E-state index in [1.54, 1.807) is 74.5 Å². The number of hydrogen-bond donors (Lipinski definition) is 15. The largest absolute Gasteiger partial charge is 0.481 e. The highest BCUT2D eigenvalue weighted by molar-refractivity contribution is 6.00. The van der Waals surface area contributed by atoms with Crippen LogP contribution in [0.1, 0.15) is 91.7 Å². The number of carbonyl (C=O) groups excluding carboxylic acids is 12. The van der Waals surface area contributed by atoms with Crippen molar-refractivity contribution in [2.45, 2.75) is 160 Å². The van der Waals surface area contributed by atoms with E-state index >= 15 is 0 Å². The summed E-state index contributed by atoms with van der Waals surface area (Å²) >= 11 is 0. The number of carbonyl (C=O) groups is 14. The number of hydrogen-bond acceptors (Lipinski definition) is 16. The first-order valence-corrected chi connectivity index (χ1v) is 27.8. The van der Waals surface area contributed by atoms with Crippen molar-refractivity contribution in [2.24, 2.45) is 17.6 Å². The van der Waals surface area contributed by atoms with Crippen molar-refractivity contribution in [2.75, 3.05) is 19.7 Å². The Morgan fingerprint density at radius 3 is 1.59 bits per heavy atom. The van der Waals surface area contributed by atoms with Gasteiger partial charge in [0.25, 0.3) is 0 Å². The Hall–Kier alpha value is -9.06. The molecule has 0 bridgehead atoms. The predicted molar refractivity (Wildman–Crippen MR) is 304 cm³/mol. The van der Waals surface area contributed by atoms with Crippen LogP contribution in [0.25, 0.3) is 0 Å². The SMILES string of the molecule is CC(=O)N[C@@H](Cc1ccccc1)C(=O)N[C@H](C(=O)N1CCC[C@H]1C(=O)N[C@H](C(=O)N[C@@H](CC(N)=O)C(=O)N[C@H](C(=O)NCC(=O)N[C@@H](CO)C(=O)N[C@@H](CCC(=O)O)C(=O)N[C@@H](C)C(=O)N[C@@H](Cc1ccccc1)C(=O)O)C(C)C)[C@@H](C)O)C(C)C. The summed E-state index contributed by atoms with van der Waals surface area (Å²) in [5.41, 5.74) is 6.75. The van der Waals surface area contributed by atoms with Gasteiger partial charge in [-0.2, -0.15) is 0 Å². The predicted octanol–water partition coefficient (Wildman–Crippen LogP) is -4.51. The minimum absolute atomic E-state index is 0.0685. The molecule has 3 rings (SSSR count). The smallest absolute Gasteiger partial charge is 0.326 e. The summed E-state index contributed by atoms with van der Waals surface area (Å²) in [6, 6.07) is 2.29. The molecule has 1 aliphatic heterocycles. The van der Waals surface area contributed by atoms with Crippen molar-refractivity contribution in [1.82, 2.24) is 58.1 Å². The second-order valence-corrected chi connectivity index (χ2v) is 21.4. The average Bonchev–Trinajstić information content (AvgIpc) is 3.91. The number of benzene rings is 2. The Labute approximate surface area is 496 Å². The number of nitrogens with one attached hydrogen (secondary N) is 10. The molecule has 1 aliphatic rings. The summed E-state index contributed by atoms with van der Waals surface area (Å²) in [6.45, 7) is 7.95. The molecule has 1 saturated heterocycles. The molecule has 30 nitrogen and oxygen atoms in total. The molecule has 16 N–H and O–H groups in total. The van der Waals surface area contributed by atoms with Crippen LogP contribution in [0.4, 0.5) is 0 Å². The van der Waals surface area contributed by atoms with Gasteiger partial charge in [0.2, 0.25) is 70.9 Å². The van der Waals surface area contributed by atoms with Crippen LogP contribution < -0.4 is 58.9 Å². The number of likely N-dealkylation sites (tertiary alicyclic amines) is 1. The number of rotatable bonds is 34. The van der Waals surface area contributed by atoms with Gasteiger partial charge in [0.05, 0.1) is 25.7 Å². The fraction of sp³-hybridized carbons (Fsp3) is 0.536. The summed E-state index contributed by atoms with van der Waals surface area (Å²) in [5.74, 6) is -15.5. The van der Waals surface area contributed by atoms with Gasteiger partial charge in [0, 0.05) is 32.7 Å². The van der Waals surface area contributed by atoms with Crippen molar-refractivity contribution in [1.29, 1.82) is 0 Å². The molecule has 11 atom stereocenters. The van der Waals surface area contributed by atoms with Gasteiger partial charge in [-0.3, -0.25) is 62.3 Å². The van der Waals surface area contributed by atoms with E-state index in [0.717, 1.165) is 12.5 Å². The third-order valence-electron chi connectivity index (χ3n) is 13.6. The molecule has 1 fully saturated rings. The quantitative estimate of drug-likeness (QED) is 0.0314. The Bertz CT molecular complexity index is 2750. The molecule has 2 aromatic rings. The first kappa shape index (κ1) is 71.2. The van der Waals surface area contributed by atoms with Crippen molar-refractivity contribution >= 4 is 82.8 Å². The second kappa shape index (κ2) is 34.7. The summed E-state index contributed by atoms with van der Waals surface area (Å²) < 4.78 is 0. The van der Waals surface area contributed by atoms with Crippen LogP contribution in [0, 0.1) is 11.8 Å². The maximum atomic E-state index is 14.2. The maximum Gasteiger partial charge on any atom is 0.326 e. The summed E-state index contributed by atoms with van der Waals surface area (Å²) in [4.78, 5) is 184. The van der Waals surface area contributed by atoms with Gasteiger partial charge in [0.1, 0.15) is 60.4 Å². The standard InChI is InChI=1S/C56H80N12O18/c1-28(2)44(53(82)58-26-42(73)61-39(27-69)51(80)62-35(20-21-43(74)75)48(77)59-30(5)47(76)64-38(56(85)86)24-34-17-12-9-13-18-34)65-50(79)37(25-41(57)72)63-54(83)46(31(6)70)67-52(81)40-19-14-22-68(40)55(84)45(29(3)4)66-49(78)36(60-32(7)71)23-33-15-10-8-11-16-33/h8-13,15-18,28-31,35-40,44-46,69-70H,14,19-27H2,1-7H3,(H2,57,72)(H,58,82)(H,59,77)(H,60,71)(H,61,73)(H,62,80)(H,63,83)(H,64,76)(H,65,79)(H,66,78)(H,67,81)(H,74,75)(H,85,86)/t30-,31+,35-,36-,37-,38-,39-,40-,44-,45-,46-/m0/s1. The first-order chi connectivity index (χ1) is 40.4. The number of carboxylic acids is 2. The van der Waals surface area contributed by atoms with Crippen LogP contribution in [0.3, 0.4) is 0 Å². The number of primary amides is 1. The monoisotopic (exact) mass is 1210 g/mol. The zero-order chi connectivity index (χ0) is 64.5. The van der Waals surface area contributed by atoms with E-state index in [4.69, 9.17) is 5.73 Å². The van der Waals surface area contributed by atoms with Crippen LogP contribution >= 0.6 is 0 Å². The average molecular weight is 1210 g/mol. The van der Waals surface area contributed by atoms with E-state index in [1.807, 2.05) is 0 Å². The van der Waals surface area contributed by atoms with E-state index in [9.17, 15) is 87.5 Å². The maximum absolute atomic E-state index is 14.2. The molecule has 0 saturated carbocycles. The van der Waals surface area contributed by atoms with Crippen molar-refractivity contribution in [3.63, 3.8) is 0 Å². The molecular weight excluding hydrogens is 1130 g/mol. The highest BCUT2D eigenvalue weighted by atomic mass is 16.4. The lowest BCUT2D eigenvalue weighted by molar-refractivity contribution is -0.144. The number of nitrogens with two attached hydrogens (primary N) is 1. The van der Waals surface area contributed by atoms with Crippen LogP contribution in [0.5, 0.6) is 0 Å². The van der Waals surface area contributed by atoms with Gasteiger partial charge in [-0.15, -0.1) is 0 Å². The normalized spacial score (nSPS) is 16.3. The van der Waals surface area contributed by atoms with Gasteiger partial charge in [0.15, 0.2) is 0 Å². The number of amides is 12. The van der Waals surface area contributed by atoms with E-state index in [-0.39, 0.29) is 25.8 Å². The number of nitrogens with zero attached hydrogens (tertiary/aromatic N) is 1. The Morgan fingerprint density at radius 1 is 0.570 bits per heavy atom. The lowest BCUT2D eigenvalue weighted by Gasteiger charge is -2.32.